The number of nitrogens with one attached hydrogen (secondary N) is 1. The maximum absolute atomic E-state index is 13.1. The normalized spacial score (nSPS) is 23.0. The second-order valence-electron chi connectivity index (χ2n) is 8.20. The maximum atomic E-state index is 13.1. The summed E-state index contributed by atoms with van der Waals surface area (Å²) in [5.74, 6) is 0.315. The molecule has 160 valence electrons. The zero-order valence-electron chi connectivity index (χ0n) is 17.3. The molecule has 2 amide bonds. The Balaban J connectivity index is 1.57. The van der Waals surface area contributed by atoms with Crippen LogP contribution in [0.1, 0.15) is 37.0 Å². The molecule has 0 saturated carbocycles. The summed E-state index contributed by atoms with van der Waals surface area (Å²) >= 11 is 0. The third-order valence-corrected chi connectivity index (χ3v) is 7.89. The smallest absolute Gasteiger partial charge is 0.278 e. The predicted molar refractivity (Wildman–Crippen MR) is 112 cm³/mol. The highest BCUT2D eigenvalue weighted by molar-refractivity contribution is 7.91. The molecule has 29 heavy (non-hydrogen) atoms. The summed E-state index contributed by atoms with van der Waals surface area (Å²) in [6, 6.07) is 9.09. The minimum atomic E-state index is -3.04. The SMILES string of the molecule is CC[C@H](C)N(C(=O)C[NH+]1CCN(C(=O)c2ccccc2)CC1)[C@@H]1CCS(=O)(=O)C1. The van der Waals surface area contributed by atoms with Crippen molar-refractivity contribution in [2.75, 3.05) is 44.2 Å². The zero-order valence-corrected chi connectivity index (χ0v) is 18.2. The lowest BCUT2D eigenvalue weighted by Gasteiger charge is -2.36. The standard InChI is InChI=1S/C21H31N3O4S/c1-3-17(2)24(19-9-14-29(27,28)16-19)20(25)15-22-10-12-23(13-11-22)21(26)18-7-5-4-6-8-18/h4-8,17,19H,3,9-16H2,1-2H3/p+1/t17-,19+/m0/s1. The topological polar surface area (TPSA) is 79.2 Å². The number of sulfone groups is 1. The Morgan fingerprint density at radius 1 is 1.21 bits per heavy atom. The van der Waals surface area contributed by atoms with E-state index < -0.39 is 9.84 Å². The van der Waals surface area contributed by atoms with Gasteiger partial charge in [0.25, 0.3) is 11.8 Å². The van der Waals surface area contributed by atoms with E-state index in [1.54, 1.807) is 0 Å². The van der Waals surface area contributed by atoms with Crippen LogP contribution >= 0.6 is 0 Å². The fourth-order valence-corrected chi connectivity index (χ4v) is 5.98. The quantitative estimate of drug-likeness (QED) is 0.691. The Labute approximate surface area is 173 Å². The third kappa shape index (κ3) is 5.36. The molecular weight excluding hydrogens is 390 g/mol. The lowest BCUT2D eigenvalue weighted by atomic mass is 10.1. The van der Waals surface area contributed by atoms with Crippen molar-refractivity contribution in [1.82, 2.24) is 9.80 Å². The van der Waals surface area contributed by atoms with Crippen molar-refractivity contribution in [2.45, 2.75) is 38.8 Å². The molecule has 0 bridgehead atoms. The van der Waals surface area contributed by atoms with Gasteiger partial charge < -0.3 is 14.7 Å². The Hall–Kier alpha value is -1.93. The van der Waals surface area contributed by atoms with Crippen molar-refractivity contribution in [3.63, 3.8) is 0 Å². The first kappa shape index (κ1) is 21.8. The molecule has 7 nitrogen and oxygen atoms in total. The van der Waals surface area contributed by atoms with E-state index >= 15 is 0 Å². The molecule has 1 aromatic rings. The number of quaternary nitrogens is 1. The van der Waals surface area contributed by atoms with Crippen LogP contribution in [-0.2, 0) is 14.6 Å². The van der Waals surface area contributed by atoms with Gasteiger partial charge in [0.15, 0.2) is 16.4 Å². The van der Waals surface area contributed by atoms with Crippen LogP contribution in [0.3, 0.4) is 0 Å². The number of hydrogen-bond donors (Lipinski definition) is 1. The molecule has 0 aliphatic carbocycles. The fourth-order valence-electron chi connectivity index (χ4n) is 4.27. The number of amides is 2. The second-order valence-corrected chi connectivity index (χ2v) is 10.4. The molecule has 0 unspecified atom stereocenters. The Kier molecular flexibility index (Phi) is 6.95. The monoisotopic (exact) mass is 422 g/mol. The largest absolute Gasteiger partial charge is 0.331 e. The number of benzene rings is 1. The minimum absolute atomic E-state index is 0.0271. The van der Waals surface area contributed by atoms with Crippen molar-refractivity contribution >= 4 is 21.7 Å². The van der Waals surface area contributed by atoms with Gasteiger partial charge in [-0.25, -0.2) is 8.42 Å². The summed E-state index contributed by atoms with van der Waals surface area (Å²) in [5.41, 5.74) is 0.692. The van der Waals surface area contributed by atoms with Gasteiger partial charge in [0.2, 0.25) is 0 Å². The van der Waals surface area contributed by atoms with Gasteiger partial charge in [0.1, 0.15) is 0 Å². The number of carbonyl (C=O) groups is 2. The molecule has 1 N–H and O–H groups in total. The molecule has 2 heterocycles. The molecule has 1 aromatic carbocycles. The van der Waals surface area contributed by atoms with Crippen molar-refractivity contribution in [3.8, 4) is 0 Å². The third-order valence-electron chi connectivity index (χ3n) is 6.14. The Morgan fingerprint density at radius 3 is 2.41 bits per heavy atom. The summed E-state index contributed by atoms with van der Waals surface area (Å²) in [5, 5.41) is 0. The lowest BCUT2D eigenvalue weighted by molar-refractivity contribution is -0.896. The fraction of sp³-hybridized carbons (Fsp3) is 0.619. The van der Waals surface area contributed by atoms with Crippen molar-refractivity contribution in [1.29, 1.82) is 0 Å². The number of hydrogen-bond acceptors (Lipinski definition) is 4. The first-order valence-electron chi connectivity index (χ1n) is 10.5. The van der Waals surface area contributed by atoms with E-state index in [4.69, 9.17) is 0 Å². The summed E-state index contributed by atoms with van der Waals surface area (Å²) in [6.07, 6.45) is 1.34. The van der Waals surface area contributed by atoms with Crippen LogP contribution in [0.15, 0.2) is 30.3 Å². The van der Waals surface area contributed by atoms with Crippen LogP contribution in [0.25, 0.3) is 0 Å². The van der Waals surface area contributed by atoms with E-state index in [1.165, 1.54) is 0 Å². The van der Waals surface area contributed by atoms with E-state index in [0.717, 1.165) is 24.4 Å². The van der Waals surface area contributed by atoms with Gasteiger partial charge in [-0.2, -0.15) is 0 Å². The lowest BCUT2D eigenvalue weighted by Crippen LogP contribution is -3.16. The molecule has 0 spiro atoms. The van der Waals surface area contributed by atoms with Gasteiger partial charge in [-0.3, -0.25) is 9.59 Å². The van der Waals surface area contributed by atoms with Gasteiger partial charge in [-0.05, 0) is 31.9 Å². The van der Waals surface area contributed by atoms with Gasteiger partial charge in [-0.15, -0.1) is 0 Å². The second kappa shape index (κ2) is 9.26. The summed E-state index contributed by atoms with van der Waals surface area (Å²) < 4.78 is 23.8. The van der Waals surface area contributed by atoms with Gasteiger partial charge in [0, 0.05) is 17.6 Å². The number of carbonyl (C=O) groups excluding carboxylic acids is 2. The van der Waals surface area contributed by atoms with Gasteiger partial charge in [0.05, 0.1) is 37.7 Å². The van der Waals surface area contributed by atoms with E-state index in [-0.39, 0.29) is 35.4 Å². The molecule has 2 fully saturated rings. The average molecular weight is 423 g/mol. The molecule has 2 atom stereocenters. The van der Waals surface area contributed by atoms with Crippen molar-refractivity contribution < 1.29 is 22.9 Å². The first-order valence-corrected chi connectivity index (χ1v) is 12.3. The first-order chi connectivity index (χ1) is 13.8. The highest BCUT2D eigenvalue weighted by Crippen LogP contribution is 2.21. The summed E-state index contributed by atoms with van der Waals surface area (Å²) in [4.78, 5) is 30.5. The van der Waals surface area contributed by atoms with E-state index in [2.05, 4.69) is 0 Å². The number of rotatable bonds is 6. The van der Waals surface area contributed by atoms with Crippen LogP contribution in [0.4, 0.5) is 0 Å². The van der Waals surface area contributed by atoms with Crippen LogP contribution < -0.4 is 4.90 Å². The average Bonchev–Trinajstić information content (AvgIpc) is 3.07. The maximum Gasteiger partial charge on any atom is 0.278 e. The molecule has 2 aliphatic rings. The van der Waals surface area contributed by atoms with Crippen LogP contribution in [0, 0.1) is 0 Å². The van der Waals surface area contributed by atoms with Crippen molar-refractivity contribution in [3.05, 3.63) is 35.9 Å². The Bertz CT molecular complexity index is 820. The zero-order chi connectivity index (χ0) is 21.0. The molecule has 2 aliphatic heterocycles. The van der Waals surface area contributed by atoms with E-state index in [1.807, 2.05) is 54.0 Å². The minimum Gasteiger partial charge on any atom is -0.331 e. The molecule has 8 heteroatoms. The number of piperazine rings is 1. The molecule has 2 saturated heterocycles. The molecular formula is C21H32N3O4S+. The van der Waals surface area contributed by atoms with E-state index in [0.29, 0.717) is 31.6 Å². The van der Waals surface area contributed by atoms with Crippen LogP contribution in [-0.4, -0.2) is 86.3 Å². The van der Waals surface area contributed by atoms with E-state index in [9.17, 15) is 18.0 Å². The molecule has 3 rings (SSSR count). The highest BCUT2D eigenvalue weighted by Gasteiger charge is 2.38. The highest BCUT2D eigenvalue weighted by atomic mass is 32.2. The summed E-state index contributed by atoms with van der Waals surface area (Å²) in [6.45, 7) is 7.07. The van der Waals surface area contributed by atoms with Gasteiger partial charge >= 0.3 is 0 Å². The predicted octanol–water partition coefficient (Wildman–Crippen LogP) is -0.158. The van der Waals surface area contributed by atoms with Crippen molar-refractivity contribution in [2.24, 2.45) is 0 Å². The van der Waals surface area contributed by atoms with Crippen LogP contribution in [0.2, 0.25) is 0 Å². The van der Waals surface area contributed by atoms with Crippen LogP contribution in [0.5, 0.6) is 0 Å². The molecule has 0 aromatic heterocycles. The summed E-state index contributed by atoms with van der Waals surface area (Å²) in [7, 11) is -3.04. The number of nitrogens with zero attached hydrogens (tertiary/aromatic N) is 2. The van der Waals surface area contributed by atoms with Gasteiger partial charge in [-0.1, -0.05) is 25.1 Å². The molecule has 0 radical (unpaired) electrons. The Morgan fingerprint density at radius 2 is 1.86 bits per heavy atom.